The molecule has 0 bridgehead atoms. The Kier molecular flexibility index (Phi) is 11.1. The monoisotopic (exact) mass is 987 g/mol. The number of aromatic nitrogens is 3. The first-order chi connectivity index (χ1) is 37.6. The summed E-state index contributed by atoms with van der Waals surface area (Å²) in [6, 6.07) is 96.8. The van der Waals surface area contributed by atoms with Crippen molar-refractivity contribution in [3.8, 4) is 101 Å². The third-order valence-corrected chi connectivity index (χ3v) is 18.0. The van der Waals surface area contributed by atoms with Crippen LogP contribution in [0.2, 0.25) is 0 Å². The largest absolute Gasteiger partial charge is 0.309 e. The van der Waals surface area contributed by atoms with Gasteiger partial charge in [0.25, 0.3) is 0 Å². The van der Waals surface area contributed by atoms with E-state index in [-0.39, 0.29) is 0 Å². The van der Waals surface area contributed by atoms with E-state index in [1.54, 1.807) is 0 Å². The fraction of sp³-hybridized carbons (Fsp3) is 0. The van der Waals surface area contributed by atoms with Crippen LogP contribution in [0.4, 0.5) is 0 Å². The van der Waals surface area contributed by atoms with E-state index in [0.29, 0.717) is 16.8 Å². The van der Waals surface area contributed by atoms with Gasteiger partial charge >= 0.3 is 0 Å². The summed E-state index contributed by atoms with van der Waals surface area (Å²) in [6.45, 7) is 0. The van der Waals surface area contributed by atoms with Crippen molar-refractivity contribution in [3.63, 3.8) is 0 Å². The van der Waals surface area contributed by atoms with E-state index in [1.165, 1.54) is 27.8 Å². The van der Waals surface area contributed by atoms with Crippen LogP contribution in [0.25, 0.3) is 122 Å². The van der Waals surface area contributed by atoms with Gasteiger partial charge in [0, 0.05) is 54.3 Å². The summed E-state index contributed by atoms with van der Waals surface area (Å²) in [5, 5.41) is 5.31. The molecule has 4 nitrogen and oxygen atoms in total. The molecule has 14 rings (SSSR count). The summed E-state index contributed by atoms with van der Waals surface area (Å²) in [5.41, 5.74) is 18.2. The Morgan fingerprint density at radius 2 is 0.724 bits per heavy atom. The van der Waals surface area contributed by atoms with Gasteiger partial charge in [0.05, 0.1) is 22.6 Å². The fourth-order valence-electron chi connectivity index (χ4n) is 11.3. The molecule has 0 saturated carbocycles. The van der Waals surface area contributed by atoms with Gasteiger partial charge in [-0.25, -0.2) is 15.0 Å². The second kappa shape index (κ2) is 18.7. The maximum atomic E-state index is 16.8. The zero-order chi connectivity index (χ0) is 50.6. The summed E-state index contributed by atoms with van der Waals surface area (Å²) >= 11 is 0. The minimum absolute atomic E-state index is 0.593. The van der Waals surface area contributed by atoms with Crippen LogP contribution < -0.4 is 15.9 Å². The summed E-state index contributed by atoms with van der Waals surface area (Å²) in [5.74, 6) is 0.593. The molecule has 76 heavy (non-hydrogen) atoms. The molecule has 2 aromatic heterocycles. The maximum Gasteiger partial charge on any atom is 0.171 e. The third-order valence-electron chi connectivity index (χ3n) is 14.9. The Balaban J connectivity index is 1.07. The molecule has 0 aliphatic heterocycles. The lowest BCUT2D eigenvalue weighted by Crippen LogP contribution is -2.25. The molecular formula is C71H46N3OP. The van der Waals surface area contributed by atoms with Crippen molar-refractivity contribution in [1.82, 2.24) is 15.0 Å². The molecule has 5 heteroatoms. The number of hydrogen-bond donors (Lipinski definition) is 0. The molecule has 0 amide bonds. The molecule has 0 unspecified atom stereocenters. The highest BCUT2D eigenvalue weighted by Crippen LogP contribution is 2.52. The first-order valence-corrected chi connectivity index (χ1v) is 27.4. The van der Waals surface area contributed by atoms with E-state index in [2.05, 4.69) is 182 Å². The Morgan fingerprint density at radius 1 is 0.276 bits per heavy atom. The van der Waals surface area contributed by atoms with Gasteiger partial charge in [-0.05, 0) is 86.0 Å². The number of hydrogen-bond acceptors (Lipinski definition) is 4. The second-order valence-electron chi connectivity index (χ2n) is 19.3. The Labute approximate surface area is 441 Å². The number of fused-ring (bicyclic) bond motifs is 12. The SMILES string of the molecule is O=P(c1ccccc1)(c1ccccc1)c1cc(-c2cc(-c3ccc(-c4ccccc4)cc3)nc(-c3ccccc3)n2)cc(-c2nc3ccccc3c3c4c(ccc23)-c2ccccc2-c2ccccc2-c2ccccc2-4)c1. The van der Waals surface area contributed by atoms with E-state index in [1.807, 2.05) is 97.1 Å². The number of nitrogens with zero attached hydrogens (tertiary/aromatic N) is 3. The molecule has 0 spiro atoms. The lowest BCUT2D eigenvalue weighted by molar-refractivity contribution is 0.592. The molecule has 0 fully saturated rings. The molecule has 0 atom stereocenters. The first kappa shape index (κ1) is 45.0. The van der Waals surface area contributed by atoms with Gasteiger partial charge in [-0.15, -0.1) is 0 Å². The highest BCUT2D eigenvalue weighted by Gasteiger charge is 2.32. The van der Waals surface area contributed by atoms with Gasteiger partial charge in [0.1, 0.15) is 0 Å². The number of pyridine rings is 1. The molecule has 356 valence electrons. The standard InChI is InChI=1S/C71H46N3OP/c75-76(53-25-9-3-10-26-53,54-27-11-4-12-28-54)55-44-51(67-46-66(73-71(74-67)50-23-7-2-8-24-50)49-39-37-48(38-40-49)47-21-5-1-6-22-47)43-52(45-55)70-64-42-41-62-60-33-16-15-31-58(60)56-29-13-14-30-57(56)59-32-17-18-34-61(59)68(62)69(64)63-35-19-20-36-65(63)72-70/h1-46H. The van der Waals surface area contributed by atoms with Crippen molar-refractivity contribution in [3.05, 3.63) is 279 Å². The molecule has 0 radical (unpaired) electrons. The molecule has 2 heterocycles. The second-order valence-corrected chi connectivity index (χ2v) is 22.1. The van der Waals surface area contributed by atoms with Crippen LogP contribution in [0.1, 0.15) is 0 Å². The van der Waals surface area contributed by atoms with Gasteiger partial charge in [-0.1, -0.05) is 249 Å². The Hall–Kier alpha value is -9.60. The quantitative estimate of drug-likeness (QED) is 0.112. The molecule has 0 saturated heterocycles. The molecular weight excluding hydrogens is 942 g/mol. The van der Waals surface area contributed by atoms with Crippen LogP contribution in [0.5, 0.6) is 0 Å². The Morgan fingerprint density at radius 3 is 1.33 bits per heavy atom. The zero-order valence-corrected chi connectivity index (χ0v) is 42.1. The fourth-order valence-corrected chi connectivity index (χ4v) is 14.1. The van der Waals surface area contributed by atoms with E-state index >= 15 is 4.57 Å². The number of rotatable bonds is 8. The van der Waals surface area contributed by atoms with Gasteiger partial charge in [-0.3, -0.25) is 0 Å². The first-order valence-electron chi connectivity index (χ1n) is 25.7. The van der Waals surface area contributed by atoms with Crippen LogP contribution in [-0.2, 0) is 4.57 Å². The van der Waals surface area contributed by atoms with Gasteiger partial charge in [-0.2, -0.15) is 0 Å². The van der Waals surface area contributed by atoms with E-state index in [4.69, 9.17) is 15.0 Å². The van der Waals surface area contributed by atoms with Crippen LogP contribution in [0.15, 0.2) is 279 Å². The average Bonchev–Trinajstić information content (AvgIpc) is 3.56. The van der Waals surface area contributed by atoms with E-state index in [9.17, 15) is 0 Å². The molecule has 11 aromatic carbocycles. The average molecular weight is 988 g/mol. The highest BCUT2D eigenvalue weighted by atomic mass is 31.2. The highest BCUT2D eigenvalue weighted by molar-refractivity contribution is 7.85. The van der Waals surface area contributed by atoms with Crippen molar-refractivity contribution in [2.24, 2.45) is 0 Å². The van der Waals surface area contributed by atoms with Gasteiger partial charge < -0.3 is 4.57 Å². The normalized spacial score (nSPS) is 11.7. The Bertz CT molecular complexity index is 4360. The minimum Gasteiger partial charge on any atom is -0.309 e. The minimum atomic E-state index is -3.57. The zero-order valence-electron chi connectivity index (χ0n) is 41.3. The van der Waals surface area contributed by atoms with Crippen LogP contribution in [0.3, 0.4) is 0 Å². The smallest absolute Gasteiger partial charge is 0.171 e. The topological polar surface area (TPSA) is 55.7 Å². The lowest BCUT2D eigenvalue weighted by Gasteiger charge is -2.25. The van der Waals surface area contributed by atoms with Crippen molar-refractivity contribution in [2.75, 3.05) is 0 Å². The molecule has 0 N–H and O–H groups in total. The summed E-state index contributed by atoms with van der Waals surface area (Å²) in [4.78, 5) is 16.3. The van der Waals surface area contributed by atoms with Crippen LogP contribution in [0, 0.1) is 0 Å². The summed E-state index contributed by atoms with van der Waals surface area (Å²) in [6.07, 6.45) is 0. The van der Waals surface area contributed by atoms with Gasteiger partial charge in [0.2, 0.25) is 0 Å². The van der Waals surface area contributed by atoms with E-state index < -0.39 is 7.14 Å². The maximum absolute atomic E-state index is 16.8. The number of benzene rings is 11. The molecule has 1 aliphatic rings. The van der Waals surface area contributed by atoms with Gasteiger partial charge in [0.15, 0.2) is 13.0 Å². The van der Waals surface area contributed by atoms with Crippen LogP contribution >= 0.6 is 7.14 Å². The van der Waals surface area contributed by atoms with Crippen LogP contribution in [-0.4, -0.2) is 15.0 Å². The molecule has 1 aliphatic carbocycles. The third kappa shape index (κ3) is 7.70. The number of para-hydroxylation sites is 1. The van der Waals surface area contributed by atoms with Crippen molar-refractivity contribution >= 4 is 44.7 Å². The predicted octanol–water partition coefficient (Wildman–Crippen LogP) is 17.1. The predicted molar refractivity (Wildman–Crippen MR) is 317 cm³/mol. The van der Waals surface area contributed by atoms with Crippen molar-refractivity contribution < 1.29 is 4.57 Å². The van der Waals surface area contributed by atoms with Crippen molar-refractivity contribution in [1.29, 1.82) is 0 Å². The summed E-state index contributed by atoms with van der Waals surface area (Å²) in [7, 11) is -3.57. The summed E-state index contributed by atoms with van der Waals surface area (Å²) < 4.78 is 16.8. The molecule has 13 aromatic rings. The lowest BCUT2D eigenvalue weighted by atomic mass is 9.78. The van der Waals surface area contributed by atoms with E-state index in [0.717, 1.165) is 93.7 Å². The van der Waals surface area contributed by atoms with Crippen molar-refractivity contribution in [2.45, 2.75) is 0 Å².